The predicted octanol–water partition coefficient (Wildman–Crippen LogP) is 4.35. The number of halogens is 2. The van der Waals surface area contributed by atoms with E-state index in [1.54, 1.807) is 12.1 Å². The third-order valence-electron chi connectivity index (χ3n) is 2.90. The second kappa shape index (κ2) is 4.98. The van der Waals surface area contributed by atoms with Crippen LogP contribution < -0.4 is 11.1 Å². The first-order valence-electron chi connectivity index (χ1n) is 6.00. The standard InChI is InChI=1S/C15H11ClFN3/c16-10-2-4-12(17)14(8-10)20-15-6-1-9-7-11(18)3-5-13(9)19-15/h1-8H,18H2,(H,19,20). The third kappa shape index (κ3) is 2.51. The number of anilines is 3. The molecule has 0 fully saturated rings. The fraction of sp³-hybridized carbons (Fsp3) is 0. The van der Waals surface area contributed by atoms with Crippen molar-refractivity contribution in [3.05, 3.63) is 59.4 Å². The van der Waals surface area contributed by atoms with Gasteiger partial charge < -0.3 is 11.1 Å². The van der Waals surface area contributed by atoms with Gasteiger partial charge in [-0.3, -0.25) is 0 Å². The average Bonchev–Trinajstić information content (AvgIpc) is 2.43. The summed E-state index contributed by atoms with van der Waals surface area (Å²) < 4.78 is 13.7. The molecular formula is C15H11ClFN3. The average molecular weight is 288 g/mol. The summed E-state index contributed by atoms with van der Waals surface area (Å²) in [5.74, 6) is 0.164. The van der Waals surface area contributed by atoms with Gasteiger partial charge in [0.2, 0.25) is 0 Å². The van der Waals surface area contributed by atoms with Crippen LogP contribution in [-0.4, -0.2) is 4.98 Å². The molecule has 3 nitrogen and oxygen atoms in total. The highest BCUT2D eigenvalue weighted by Crippen LogP contribution is 2.24. The van der Waals surface area contributed by atoms with Gasteiger partial charge in [0, 0.05) is 16.1 Å². The van der Waals surface area contributed by atoms with E-state index in [0.717, 1.165) is 10.9 Å². The molecule has 0 bridgehead atoms. The van der Waals surface area contributed by atoms with Crippen molar-refractivity contribution in [2.75, 3.05) is 11.1 Å². The summed E-state index contributed by atoms with van der Waals surface area (Å²) in [6.45, 7) is 0. The van der Waals surface area contributed by atoms with E-state index in [9.17, 15) is 4.39 Å². The zero-order valence-corrected chi connectivity index (χ0v) is 11.2. The van der Waals surface area contributed by atoms with Crippen molar-refractivity contribution in [1.82, 2.24) is 4.98 Å². The summed E-state index contributed by atoms with van der Waals surface area (Å²) in [4.78, 5) is 4.41. The molecule has 0 aliphatic heterocycles. The molecule has 100 valence electrons. The number of rotatable bonds is 2. The first kappa shape index (κ1) is 12.7. The van der Waals surface area contributed by atoms with Gasteiger partial charge in [0.15, 0.2) is 0 Å². The molecule has 2 aromatic carbocycles. The van der Waals surface area contributed by atoms with E-state index in [0.29, 0.717) is 22.2 Å². The van der Waals surface area contributed by atoms with Crippen molar-refractivity contribution in [3.8, 4) is 0 Å². The zero-order valence-electron chi connectivity index (χ0n) is 10.4. The molecule has 0 radical (unpaired) electrons. The van der Waals surface area contributed by atoms with Gasteiger partial charge in [-0.1, -0.05) is 11.6 Å². The van der Waals surface area contributed by atoms with Crippen LogP contribution in [0.15, 0.2) is 48.5 Å². The Labute approximate surface area is 120 Å². The van der Waals surface area contributed by atoms with Crippen LogP contribution in [0.3, 0.4) is 0 Å². The van der Waals surface area contributed by atoms with Gasteiger partial charge in [-0.2, -0.15) is 0 Å². The van der Waals surface area contributed by atoms with Gasteiger partial charge in [0.05, 0.1) is 11.2 Å². The van der Waals surface area contributed by atoms with E-state index >= 15 is 0 Å². The fourth-order valence-corrected chi connectivity index (χ4v) is 2.12. The number of nitrogens with zero attached hydrogens (tertiary/aromatic N) is 1. The number of nitrogen functional groups attached to an aromatic ring is 1. The van der Waals surface area contributed by atoms with Gasteiger partial charge in [-0.15, -0.1) is 0 Å². The van der Waals surface area contributed by atoms with E-state index in [1.807, 2.05) is 18.2 Å². The highest BCUT2D eigenvalue weighted by Gasteiger charge is 2.05. The van der Waals surface area contributed by atoms with Crippen LogP contribution in [0.5, 0.6) is 0 Å². The van der Waals surface area contributed by atoms with Crippen molar-refractivity contribution in [2.45, 2.75) is 0 Å². The summed E-state index contributed by atoms with van der Waals surface area (Å²) in [6, 6.07) is 13.4. The Balaban J connectivity index is 1.98. The summed E-state index contributed by atoms with van der Waals surface area (Å²) in [7, 11) is 0. The van der Waals surface area contributed by atoms with Crippen LogP contribution in [0.2, 0.25) is 5.02 Å². The van der Waals surface area contributed by atoms with Crippen molar-refractivity contribution >= 4 is 39.7 Å². The molecule has 3 rings (SSSR count). The predicted molar refractivity (Wildman–Crippen MR) is 80.8 cm³/mol. The minimum absolute atomic E-state index is 0.291. The van der Waals surface area contributed by atoms with Crippen molar-refractivity contribution in [2.24, 2.45) is 0 Å². The molecule has 0 spiro atoms. The van der Waals surface area contributed by atoms with E-state index in [1.165, 1.54) is 18.2 Å². The van der Waals surface area contributed by atoms with E-state index in [-0.39, 0.29) is 5.82 Å². The third-order valence-corrected chi connectivity index (χ3v) is 3.14. The molecule has 0 amide bonds. The summed E-state index contributed by atoms with van der Waals surface area (Å²) in [5.41, 5.74) is 7.47. The molecule has 0 unspecified atom stereocenters. The highest BCUT2D eigenvalue weighted by molar-refractivity contribution is 6.30. The Morgan fingerprint density at radius 1 is 1.05 bits per heavy atom. The number of benzene rings is 2. The van der Waals surface area contributed by atoms with Crippen LogP contribution in [0, 0.1) is 5.82 Å². The van der Waals surface area contributed by atoms with Crippen LogP contribution in [-0.2, 0) is 0 Å². The molecule has 1 aromatic heterocycles. The highest BCUT2D eigenvalue weighted by atomic mass is 35.5. The lowest BCUT2D eigenvalue weighted by Gasteiger charge is -2.08. The SMILES string of the molecule is Nc1ccc2nc(Nc3cc(Cl)ccc3F)ccc2c1. The van der Waals surface area contributed by atoms with Gasteiger partial charge >= 0.3 is 0 Å². The van der Waals surface area contributed by atoms with Crippen LogP contribution in [0.4, 0.5) is 21.6 Å². The van der Waals surface area contributed by atoms with E-state index < -0.39 is 0 Å². The molecular weight excluding hydrogens is 277 g/mol. The van der Waals surface area contributed by atoms with Crippen molar-refractivity contribution < 1.29 is 4.39 Å². The molecule has 3 N–H and O–H groups in total. The van der Waals surface area contributed by atoms with Gasteiger partial charge in [-0.05, 0) is 48.5 Å². The number of nitrogens with two attached hydrogens (primary N) is 1. The maximum absolute atomic E-state index is 13.7. The first-order valence-corrected chi connectivity index (χ1v) is 6.38. The molecule has 0 saturated heterocycles. The number of fused-ring (bicyclic) bond motifs is 1. The maximum atomic E-state index is 13.7. The van der Waals surface area contributed by atoms with Crippen LogP contribution in [0.1, 0.15) is 0 Å². The number of hydrogen-bond donors (Lipinski definition) is 2. The normalized spacial score (nSPS) is 10.7. The summed E-state index contributed by atoms with van der Waals surface area (Å²) in [6.07, 6.45) is 0. The second-order valence-corrected chi connectivity index (χ2v) is 4.83. The zero-order chi connectivity index (χ0) is 14.1. The van der Waals surface area contributed by atoms with Gasteiger partial charge in [0.25, 0.3) is 0 Å². The molecule has 3 aromatic rings. The lowest BCUT2D eigenvalue weighted by molar-refractivity contribution is 0.632. The summed E-state index contributed by atoms with van der Waals surface area (Å²) in [5, 5.41) is 4.31. The monoisotopic (exact) mass is 287 g/mol. The first-order chi connectivity index (χ1) is 9.61. The molecule has 5 heteroatoms. The largest absolute Gasteiger partial charge is 0.399 e. The lowest BCUT2D eigenvalue weighted by Crippen LogP contribution is -1.96. The maximum Gasteiger partial charge on any atom is 0.146 e. The molecule has 0 aliphatic rings. The number of pyridine rings is 1. The molecule has 0 atom stereocenters. The van der Waals surface area contributed by atoms with E-state index in [4.69, 9.17) is 17.3 Å². The Bertz CT molecular complexity index is 789. The lowest BCUT2D eigenvalue weighted by atomic mass is 10.2. The van der Waals surface area contributed by atoms with Gasteiger partial charge in [0.1, 0.15) is 11.6 Å². The number of hydrogen-bond acceptors (Lipinski definition) is 3. The number of nitrogens with one attached hydrogen (secondary N) is 1. The minimum Gasteiger partial charge on any atom is -0.399 e. The van der Waals surface area contributed by atoms with Crippen LogP contribution >= 0.6 is 11.6 Å². The van der Waals surface area contributed by atoms with E-state index in [2.05, 4.69) is 10.3 Å². The Morgan fingerprint density at radius 2 is 1.90 bits per heavy atom. The molecule has 0 saturated carbocycles. The van der Waals surface area contributed by atoms with Crippen molar-refractivity contribution in [1.29, 1.82) is 0 Å². The quantitative estimate of drug-likeness (QED) is 0.689. The van der Waals surface area contributed by atoms with Gasteiger partial charge in [-0.25, -0.2) is 9.37 Å². The molecule has 20 heavy (non-hydrogen) atoms. The number of aromatic nitrogens is 1. The molecule has 1 heterocycles. The molecule has 0 aliphatic carbocycles. The smallest absolute Gasteiger partial charge is 0.146 e. The Hall–Kier alpha value is -2.33. The minimum atomic E-state index is -0.381. The van der Waals surface area contributed by atoms with Crippen molar-refractivity contribution in [3.63, 3.8) is 0 Å². The fourth-order valence-electron chi connectivity index (χ4n) is 1.94. The Kier molecular flexibility index (Phi) is 3.16. The summed E-state index contributed by atoms with van der Waals surface area (Å²) >= 11 is 5.85. The van der Waals surface area contributed by atoms with Crippen LogP contribution in [0.25, 0.3) is 10.9 Å². The second-order valence-electron chi connectivity index (χ2n) is 4.40. The Morgan fingerprint density at radius 3 is 2.75 bits per heavy atom. The topological polar surface area (TPSA) is 50.9 Å².